The lowest BCUT2D eigenvalue weighted by Crippen LogP contribution is -2.51. The average molecular weight is 356 g/mol. The maximum atomic E-state index is 12.6. The molecule has 0 aliphatic carbocycles. The molecule has 3 rings (SSSR count). The van der Waals surface area contributed by atoms with E-state index in [0.29, 0.717) is 26.2 Å². The molecule has 0 unspecified atom stereocenters. The predicted molar refractivity (Wildman–Crippen MR) is 103 cm³/mol. The molecule has 1 aromatic heterocycles. The van der Waals surface area contributed by atoms with Crippen molar-refractivity contribution >= 4 is 16.8 Å². The highest BCUT2D eigenvalue weighted by atomic mass is 16.5. The predicted octanol–water partition coefficient (Wildman–Crippen LogP) is 2.98. The molecule has 140 valence electrons. The van der Waals surface area contributed by atoms with Crippen LogP contribution >= 0.6 is 0 Å². The Bertz CT molecular complexity index is 790. The van der Waals surface area contributed by atoms with Gasteiger partial charge in [-0.05, 0) is 31.9 Å². The number of carbonyl (C=O) groups excluding carboxylic acids is 1. The van der Waals surface area contributed by atoms with E-state index >= 15 is 0 Å². The molecule has 1 aliphatic heterocycles. The first-order valence-corrected chi connectivity index (χ1v) is 9.19. The van der Waals surface area contributed by atoms with Crippen molar-refractivity contribution in [3.63, 3.8) is 0 Å². The lowest BCUT2D eigenvalue weighted by molar-refractivity contribution is -0.125. The minimum absolute atomic E-state index is 0.00387. The second kappa shape index (κ2) is 8.52. The largest absolute Gasteiger partial charge is 0.379 e. The fourth-order valence-corrected chi connectivity index (χ4v) is 3.39. The highest BCUT2D eigenvalue weighted by Gasteiger charge is 2.28. The second-order valence-electron chi connectivity index (χ2n) is 7.15. The first-order valence-electron chi connectivity index (χ1n) is 9.19. The number of hydrogen-bond donors (Lipinski definition) is 1. The molecule has 2 heterocycles. The van der Waals surface area contributed by atoms with Crippen LogP contribution in [0.4, 0.5) is 0 Å². The minimum atomic E-state index is -0.100. The molecular weight excluding hydrogens is 328 g/mol. The number of ether oxygens (including phenoxy) is 2. The summed E-state index contributed by atoms with van der Waals surface area (Å²) in [7, 11) is 2.01. The summed E-state index contributed by atoms with van der Waals surface area (Å²) in [5, 5.41) is 4.24. The molecule has 0 spiro atoms. The van der Waals surface area contributed by atoms with Gasteiger partial charge in [0.2, 0.25) is 5.91 Å². The summed E-state index contributed by atoms with van der Waals surface area (Å²) in [6.45, 7) is 5.85. The molecule has 1 fully saturated rings. The Kier molecular flexibility index (Phi) is 6.12. The van der Waals surface area contributed by atoms with Crippen LogP contribution in [0, 0.1) is 0 Å². The van der Waals surface area contributed by atoms with Gasteiger partial charge in [-0.3, -0.25) is 4.79 Å². The molecule has 2 aromatic rings. The Morgan fingerprint density at radius 2 is 2.19 bits per heavy atom. The van der Waals surface area contributed by atoms with Crippen LogP contribution in [-0.2, 0) is 27.7 Å². The van der Waals surface area contributed by atoms with E-state index in [4.69, 9.17) is 9.47 Å². The first kappa shape index (κ1) is 18.7. The van der Waals surface area contributed by atoms with Gasteiger partial charge in [-0.25, -0.2) is 0 Å². The standard InChI is InChI=1S/C21H28N2O3/c1-15(2)8-11-26-20-9-10-25-14-18(20)22-21(24)12-16-13-23(3)19-7-5-4-6-17(16)19/h4-8,13,18,20H,9-12,14H2,1-3H3,(H,22,24)/t18-,20+/m0/s1. The zero-order valence-corrected chi connectivity index (χ0v) is 15.8. The number of para-hydroxylation sites is 1. The Labute approximate surface area is 155 Å². The second-order valence-corrected chi connectivity index (χ2v) is 7.15. The van der Waals surface area contributed by atoms with Gasteiger partial charge in [0.05, 0.1) is 31.8 Å². The number of carbonyl (C=O) groups is 1. The molecule has 0 radical (unpaired) electrons. The molecule has 5 nitrogen and oxygen atoms in total. The lowest BCUT2D eigenvalue weighted by Gasteiger charge is -2.31. The molecule has 1 saturated heterocycles. The first-order chi connectivity index (χ1) is 12.5. The van der Waals surface area contributed by atoms with E-state index in [1.54, 1.807) is 0 Å². The van der Waals surface area contributed by atoms with E-state index in [0.717, 1.165) is 22.9 Å². The molecule has 1 aliphatic rings. The monoisotopic (exact) mass is 356 g/mol. The Morgan fingerprint density at radius 3 is 3.00 bits per heavy atom. The van der Waals surface area contributed by atoms with E-state index in [9.17, 15) is 4.79 Å². The summed E-state index contributed by atoms with van der Waals surface area (Å²) in [6.07, 6.45) is 5.25. The van der Waals surface area contributed by atoms with Gasteiger partial charge in [-0.15, -0.1) is 0 Å². The molecule has 1 amide bonds. The summed E-state index contributed by atoms with van der Waals surface area (Å²) >= 11 is 0. The summed E-state index contributed by atoms with van der Waals surface area (Å²) in [6, 6.07) is 8.05. The third-order valence-electron chi connectivity index (χ3n) is 4.77. The molecule has 26 heavy (non-hydrogen) atoms. The van der Waals surface area contributed by atoms with Gasteiger partial charge >= 0.3 is 0 Å². The highest BCUT2D eigenvalue weighted by molar-refractivity contribution is 5.89. The number of benzene rings is 1. The van der Waals surface area contributed by atoms with Crippen molar-refractivity contribution in [1.82, 2.24) is 9.88 Å². The summed E-state index contributed by atoms with van der Waals surface area (Å²) in [4.78, 5) is 12.6. The Morgan fingerprint density at radius 1 is 1.38 bits per heavy atom. The molecule has 1 aromatic carbocycles. The van der Waals surface area contributed by atoms with Gasteiger partial charge in [0.25, 0.3) is 0 Å². The molecule has 2 atom stereocenters. The topological polar surface area (TPSA) is 52.5 Å². The van der Waals surface area contributed by atoms with Gasteiger partial charge in [0.15, 0.2) is 0 Å². The van der Waals surface area contributed by atoms with Crippen molar-refractivity contribution in [3.05, 3.63) is 47.7 Å². The fraction of sp³-hybridized carbons (Fsp3) is 0.476. The highest BCUT2D eigenvalue weighted by Crippen LogP contribution is 2.21. The Hall–Kier alpha value is -2.11. The number of hydrogen-bond acceptors (Lipinski definition) is 3. The number of aromatic nitrogens is 1. The Balaban J connectivity index is 1.63. The third-order valence-corrected chi connectivity index (χ3v) is 4.77. The average Bonchev–Trinajstić information content (AvgIpc) is 2.92. The van der Waals surface area contributed by atoms with Crippen molar-refractivity contribution in [2.75, 3.05) is 19.8 Å². The van der Waals surface area contributed by atoms with Crippen LogP contribution in [0.1, 0.15) is 25.8 Å². The summed E-state index contributed by atoms with van der Waals surface area (Å²) in [5.41, 5.74) is 3.41. The zero-order chi connectivity index (χ0) is 18.5. The van der Waals surface area contributed by atoms with Crippen LogP contribution in [0.25, 0.3) is 10.9 Å². The van der Waals surface area contributed by atoms with Crippen molar-refractivity contribution < 1.29 is 14.3 Å². The number of allylic oxidation sites excluding steroid dienone is 1. The van der Waals surface area contributed by atoms with E-state index < -0.39 is 0 Å². The van der Waals surface area contributed by atoms with E-state index in [1.807, 2.05) is 25.4 Å². The van der Waals surface area contributed by atoms with Crippen molar-refractivity contribution in [2.45, 2.75) is 38.8 Å². The van der Waals surface area contributed by atoms with Crippen molar-refractivity contribution in [3.8, 4) is 0 Å². The van der Waals surface area contributed by atoms with Crippen LogP contribution < -0.4 is 5.32 Å². The van der Waals surface area contributed by atoms with Crippen molar-refractivity contribution in [2.24, 2.45) is 7.05 Å². The molecule has 1 N–H and O–H groups in total. The number of rotatable bonds is 6. The van der Waals surface area contributed by atoms with Crippen LogP contribution in [-0.4, -0.2) is 42.4 Å². The number of aryl methyl sites for hydroxylation is 1. The zero-order valence-electron chi connectivity index (χ0n) is 15.8. The smallest absolute Gasteiger partial charge is 0.224 e. The van der Waals surface area contributed by atoms with Crippen LogP contribution in [0.15, 0.2) is 42.1 Å². The van der Waals surface area contributed by atoms with E-state index in [-0.39, 0.29) is 18.1 Å². The molecular formula is C21H28N2O3. The molecule has 0 bridgehead atoms. The minimum Gasteiger partial charge on any atom is -0.379 e. The van der Waals surface area contributed by atoms with Gasteiger partial charge < -0.3 is 19.4 Å². The van der Waals surface area contributed by atoms with Crippen LogP contribution in [0.2, 0.25) is 0 Å². The van der Waals surface area contributed by atoms with Crippen LogP contribution in [0.3, 0.4) is 0 Å². The number of nitrogens with zero attached hydrogens (tertiary/aromatic N) is 1. The van der Waals surface area contributed by atoms with E-state index in [1.165, 1.54) is 5.57 Å². The lowest BCUT2D eigenvalue weighted by atomic mass is 10.1. The number of nitrogens with one attached hydrogen (secondary N) is 1. The van der Waals surface area contributed by atoms with Crippen LogP contribution in [0.5, 0.6) is 0 Å². The summed E-state index contributed by atoms with van der Waals surface area (Å²) < 4.78 is 13.6. The van der Waals surface area contributed by atoms with Crippen molar-refractivity contribution in [1.29, 1.82) is 0 Å². The van der Waals surface area contributed by atoms with Gasteiger partial charge in [-0.2, -0.15) is 0 Å². The third kappa shape index (κ3) is 4.54. The normalized spacial score (nSPS) is 20.1. The quantitative estimate of drug-likeness (QED) is 0.810. The van der Waals surface area contributed by atoms with E-state index in [2.05, 4.69) is 41.9 Å². The summed E-state index contributed by atoms with van der Waals surface area (Å²) in [5.74, 6) is 0.00710. The van der Waals surface area contributed by atoms with Gasteiger partial charge in [-0.1, -0.05) is 29.8 Å². The maximum Gasteiger partial charge on any atom is 0.224 e. The fourth-order valence-electron chi connectivity index (χ4n) is 3.39. The maximum absolute atomic E-state index is 12.6. The molecule has 5 heteroatoms. The SMILES string of the molecule is CC(C)=CCO[C@@H]1CCOC[C@@H]1NC(=O)Cc1cn(C)c2ccccc12. The van der Waals surface area contributed by atoms with Gasteiger partial charge in [0, 0.05) is 30.8 Å². The molecule has 0 saturated carbocycles. The number of fused-ring (bicyclic) bond motifs is 1. The number of amides is 1. The van der Waals surface area contributed by atoms with Gasteiger partial charge in [0.1, 0.15) is 0 Å².